The van der Waals surface area contributed by atoms with Crippen LogP contribution in [-0.2, 0) is 0 Å². The summed E-state index contributed by atoms with van der Waals surface area (Å²) >= 11 is 1.79. The first kappa shape index (κ1) is 13.5. The van der Waals surface area contributed by atoms with Crippen LogP contribution in [0.1, 0.15) is 0 Å². The van der Waals surface area contributed by atoms with E-state index in [4.69, 9.17) is 9.47 Å². The lowest BCUT2D eigenvalue weighted by atomic mass is 10.3. The lowest BCUT2D eigenvalue weighted by Crippen LogP contribution is -2.47. The maximum Gasteiger partial charge on any atom is 0.132 e. The predicted molar refractivity (Wildman–Crippen MR) is 74.7 cm³/mol. The van der Waals surface area contributed by atoms with Gasteiger partial charge >= 0.3 is 0 Å². The molecule has 0 saturated carbocycles. The fourth-order valence-electron chi connectivity index (χ4n) is 1.96. The Morgan fingerprint density at radius 1 is 1.33 bits per heavy atom. The van der Waals surface area contributed by atoms with Crippen LogP contribution in [0.5, 0.6) is 11.5 Å². The van der Waals surface area contributed by atoms with Crippen LogP contribution in [0, 0.1) is 0 Å². The molecule has 0 spiro atoms. The number of rotatable bonds is 4. The average molecular weight is 268 g/mol. The topological polar surface area (TPSA) is 33.7 Å². The Morgan fingerprint density at radius 3 is 2.83 bits per heavy atom. The van der Waals surface area contributed by atoms with Gasteiger partial charge in [0.1, 0.15) is 11.5 Å². The molecule has 1 aliphatic rings. The summed E-state index contributed by atoms with van der Waals surface area (Å²) in [5.74, 6) is 1.76. The van der Waals surface area contributed by atoms with E-state index in [-0.39, 0.29) is 0 Å². The largest absolute Gasteiger partial charge is 0.497 e. The zero-order valence-corrected chi connectivity index (χ0v) is 11.9. The normalized spacial score (nSPS) is 20.7. The third kappa shape index (κ3) is 3.31. The van der Waals surface area contributed by atoms with Crippen molar-refractivity contribution in [2.75, 3.05) is 40.9 Å². The number of likely N-dealkylation sites (N-methyl/N-ethyl adjacent to an activating group) is 1. The number of hydrogen-bond acceptors (Lipinski definition) is 5. The van der Waals surface area contributed by atoms with Crippen molar-refractivity contribution in [1.29, 1.82) is 0 Å². The van der Waals surface area contributed by atoms with Crippen molar-refractivity contribution in [2.24, 2.45) is 0 Å². The van der Waals surface area contributed by atoms with Crippen LogP contribution in [0.15, 0.2) is 23.1 Å². The summed E-state index contributed by atoms with van der Waals surface area (Å²) in [7, 11) is 5.53. The molecule has 18 heavy (non-hydrogen) atoms. The second-order valence-corrected chi connectivity index (χ2v) is 5.58. The van der Waals surface area contributed by atoms with Crippen LogP contribution in [0.25, 0.3) is 0 Å². The molecule has 1 N–H and O–H groups in total. The summed E-state index contributed by atoms with van der Waals surface area (Å²) in [4.78, 5) is 3.45. The average Bonchev–Trinajstić information content (AvgIpc) is 2.38. The van der Waals surface area contributed by atoms with Gasteiger partial charge in [0.05, 0.1) is 24.5 Å². The minimum absolute atomic E-state index is 0.393. The molecular formula is C13H20N2O2S. The van der Waals surface area contributed by atoms with Crippen LogP contribution < -0.4 is 14.8 Å². The van der Waals surface area contributed by atoms with Crippen LogP contribution in [0.2, 0.25) is 0 Å². The van der Waals surface area contributed by atoms with E-state index in [1.54, 1.807) is 26.0 Å². The molecule has 0 bridgehead atoms. The Bertz CT molecular complexity index is 401. The summed E-state index contributed by atoms with van der Waals surface area (Å²) in [6, 6.07) is 5.90. The van der Waals surface area contributed by atoms with Crippen LogP contribution in [0.4, 0.5) is 0 Å². The minimum Gasteiger partial charge on any atom is -0.497 e. The van der Waals surface area contributed by atoms with Gasteiger partial charge in [-0.25, -0.2) is 0 Å². The third-order valence-corrected chi connectivity index (χ3v) is 4.16. The second kappa shape index (κ2) is 6.31. The quantitative estimate of drug-likeness (QED) is 0.898. The second-order valence-electron chi connectivity index (χ2n) is 4.34. The van der Waals surface area contributed by atoms with E-state index in [2.05, 4.69) is 17.3 Å². The van der Waals surface area contributed by atoms with Gasteiger partial charge in [-0.1, -0.05) is 0 Å². The summed E-state index contributed by atoms with van der Waals surface area (Å²) in [6.07, 6.45) is 0. The highest BCUT2D eigenvalue weighted by atomic mass is 32.2. The number of nitrogens with zero attached hydrogens (tertiary/aromatic N) is 1. The Labute approximate surface area is 113 Å². The first-order chi connectivity index (χ1) is 8.72. The van der Waals surface area contributed by atoms with Gasteiger partial charge in [0.2, 0.25) is 0 Å². The number of piperazine rings is 1. The van der Waals surface area contributed by atoms with Gasteiger partial charge in [-0.3, -0.25) is 0 Å². The zero-order valence-electron chi connectivity index (χ0n) is 11.1. The molecule has 1 heterocycles. The van der Waals surface area contributed by atoms with Gasteiger partial charge in [0, 0.05) is 19.6 Å². The SMILES string of the molecule is COc1ccc(OC)c(SC2CN(C)CCN2)c1. The maximum absolute atomic E-state index is 5.40. The summed E-state index contributed by atoms with van der Waals surface area (Å²) in [6.45, 7) is 3.16. The van der Waals surface area contributed by atoms with Gasteiger partial charge < -0.3 is 19.7 Å². The van der Waals surface area contributed by atoms with Gasteiger partial charge in [-0.05, 0) is 25.2 Å². The van der Waals surface area contributed by atoms with Gasteiger partial charge in [0.25, 0.3) is 0 Å². The number of hydrogen-bond donors (Lipinski definition) is 1. The van der Waals surface area contributed by atoms with Crippen LogP contribution in [-0.4, -0.2) is 51.2 Å². The lowest BCUT2D eigenvalue weighted by molar-refractivity contribution is 0.278. The van der Waals surface area contributed by atoms with E-state index < -0.39 is 0 Å². The molecule has 0 aliphatic carbocycles. The molecule has 100 valence electrons. The molecule has 4 nitrogen and oxygen atoms in total. The highest BCUT2D eigenvalue weighted by Gasteiger charge is 2.19. The molecule has 2 rings (SSSR count). The monoisotopic (exact) mass is 268 g/mol. The molecule has 1 saturated heterocycles. The van der Waals surface area contributed by atoms with Gasteiger partial charge in [-0.2, -0.15) is 0 Å². The number of benzene rings is 1. The number of nitrogens with one attached hydrogen (secondary N) is 1. The molecule has 0 aromatic heterocycles. The van der Waals surface area contributed by atoms with Crippen molar-refractivity contribution >= 4 is 11.8 Å². The predicted octanol–water partition coefficient (Wildman–Crippen LogP) is 1.66. The molecular weight excluding hydrogens is 248 g/mol. The van der Waals surface area contributed by atoms with E-state index in [0.717, 1.165) is 36.0 Å². The smallest absolute Gasteiger partial charge is 0.132 e. The standard InChI is InChI=1S/C13H20N2O2S/c1-15-7-6-14-13(9-15)18-12-8-10(16-2)4-5-11(12)17-3/h4-5,8,13-14H,6-7,9H2,1-3H3. The molecule has 5 heteroatoms. The van der Waals surface area contributed by atoms with Crippen molar-refractivity contribution in [3.63, 3.8) is 0 Å². The molecule has 0 radical (unpaired) electrons. The van der Waals surface area contributed by atoms with Crippen LogP contribution in [0.3, 0.4) is 0 Å². The van der Waals surface area contributed by atoms with E-state index in [9.17, 15) is 0 Å². The third-order valence-electron chi connectivity index (χ3n) is 2.98. The molecule has 1 fully saturated rings. The summed E-state index contributed by atoms with van der Waals surface area (Å²) in [5, 5.41) is 3.90. The van der Waals surface area contributed by atoms with Crippen molar-refractivity contribution in [1.82, 2.24) is 10.2 Å². The first-order valence-corrected chi connectivity index (χ1v) is 6.91. The highest BCUT2D eigenvalue weighted by Crippen LogP contribution is 2.35. The van der Waals surface area contributed by atoms with Gasteiger partial charge in [-0.15, -0.1) is 11.8 Å². The molecule has 1 unspecified atom stereocenters. The van der Waals surface area contributed by atoms with Crippen molar-refractivity contribution in [3.05, 3.63) is 18.2 Å². The highest BCUT2D eigenvalue weighted by molar-refractivity contribution is 8.00. The number of thioether (sulfide) groups is 1. The van der Waals surface area contributed by atoms with Crippen molar-refractivity contribution in [3.8, 4) is 11.5 Å². The summed E-state index contributed by atoms with van der Waals surface area (Å²) in [5.41, 5.74) is 0. The minimum atomic E-state index is 0.393. The molecule has 1 aliphatic heterocycles. The van der Waals surface area contributed by atoms with E-state index in [1.165, 1.54) is 0 Å². The first-order valence-electron chi connectivity index (χ1n) is 6.03. The molecule has 1 aromatic carbocycles. The van der Waals surface area contributed by atoms with Crippen molar-refractivity contribution in [2.45, 2.75) is 10.3 Å². The molecule has 1 atom stereocenters. The fourth-order valence-corrected chi connectivity index (χ4v) is 3.25. The van der Waals surface area contributed by atoms with Gasteiger partial charge in [0.15, 0.2) is 0 Å². The summed E-state index contributed by atoms with van der Waals surface area (Å²) < 4.78 is 10.7. The number of methoxy groups -OCH3 is 2. The Hall–Kier alpha value is -0.910. The Morgan fingerprint density at radius 2 is 2.17 bits per heavy atom. The maximum atomic E-state index is 5.40. The molecule has 1 aromatic rings. The van der Waals surface area contributed by atoms with E-state index in [0.29, 0.717) is 5.37 Å². The number of ether oxygens (including phenoxy) is 2. The lowest BCUT2D eigenvalue weighted by Gasteiger charge is -2.30. The van der Waals surface area contributed by atoms with E-state index in [1.807, 2.05) is 18.2 Å². The Kier molecular flexibility index (Phi) is 4.74. The van der Waals surface area contributed by atoms with E-state index >= 15 is 0 Å². The zero-order chi connectivity index (χ0) is 13.0. The van der Waals surface area contributed by atoms with Crippen LogP contribution >= 0.6 is 11.8 Å². The fraction of sp³-hybridized carbons (Fsp3) is 0.538. The Balaban J connectivity index is 2.11. The van der Waals surface area contributed by atoms with Crippen molar-refractivity contribution < 1.29 is 9.47 Å². The molecule has 0 amide bonds.